The highest BCUT2D eigenvalue weighted by Crippen LogP contribution is 2.33. The van der Waals surface area contributed by atoms with Crippen molar-refractivity contribution in [3.63, 3.8) is 0 Å². The fourth-order valence-corrected chi connectivity index (χ4v) is 3.52. The van der Waals surface area contributed by atoms with E-state index in [0.717, 1.165) is 30.8 Å². The van der Waals surface area contributed by atoms with E-state index in [9.17, 15) is 5.11 Å². The van der Waals surface area contributed by atoms with Crippen LogP contribution in [0.25, 0.3) is 22.0 Å². The molecule has 0 spiro atoms. The Morgan fingerprint density at radius 3 is 2.88 bits per heavy atom. The predicted octanol–water partition coefficient (Wildman–Crippen LogP) is 1.94. The molecule has 5 nitrogen and oxygen atoms in total. The number of hydrogen-bond acceptors (Lipinski definition) is 4. The lowest BCUT2D eigenvalue weighted by Crippen LogP contribution is -2.37. The Morgan fingerprint density at radius 1 is 1.17 bits per heavy atom. The average molecular weight is 323 g/mol. The van der Waals surface area contributed by atoms with E-state index in [1.54, 1.807) is 0 Å². The third-order valence-electron chi connectivity index (χ3n) is 4.74. The van der Waals surface area contributed by atoms with Gasteiger partial charge in [-0.1, -0.05) is 42.5 Å². The molecule has 1 aliphatic heterocycles. The largest absolute Gasteiger partial charge is 0.394 e. The number of nitrogens with zero attached hydrogens (tertiary/aromatic N) is 2. The number of H-pyrrole nitrogens is 1. The van der Waals surface area contributed by atoms with E-state index in [0.29, 0.717) is 6.54 Å². The van der Waals surface area contributed by atoms with E-state index in [2.05, 4.69) is 51.5 Å². The molecule has 2 aromatic carbocycles. The normalized spacial score (nSPS) is 16.2. The van der Waals surface area contributed by atoms with Crippen molar-refractivity contribution < 1.29 is 10.2 Å². The maximum Gasteiger partial charge on any atom is 0.0974 e. The summed E-state index contributed by atoms with van der Waals surface area (Å²) in [6, 6.07) is 14.6. The first-order chi connectivity index (χ1) is 11.8. The molecule has 1 atom stereocenters. The molecule has 124 valence electrons. The van der Waals surface area contributed by atoms with Crippen LogP contribution in [0.4, 0.5) is 0 Å². The number of hydrogen-bond donors (Lipinski definition) is 3. The highest BCUT2D eigenvalue weighted by atomic mass is 16.3. The van der Waals surface area contributed by atoms with Gasteiger partial charge in [-0.05, 0) is 10.8 Å². The Morgan fingerprint density at radius 2 is 2.00 bits per heavy atom. The van der Waals surface area contributed by atoms with Gasteiger partial charge in [0.15, 0.2) is 0 Å². The number of fused-ring (bicyclic) bond motifs is 2. The molecule has 0 amide bonds. The van der Waals surface area contributed by atoms with Crippen LogP contribution in [0, 0.1) is 0 Å². The smallest absolute Gasteiger partial charge is 0.0974 e. The summed E-state index contributed by atoms with van der Waals surface area (Å²) >= 11 is 0. The van der Waals surface area contributed by atoms with Gasteiger partial charge >= 0.3 is 0 Å². The zero-order valence-corrected chi connectivity index (χ0v) is 13.4. The molecule has 2 heterocycles. The van der Waals surface area contributed by atoms with E-state index in [1.807, 2.05) is 6.07 Å². The molecule has 24 heavy (non-hydrogen) atoms. The number of benzene rings is 2. The zero-order valence-electron chi connectivity index (χ0n) is 13.4. The van der Waals surface area contributed by atoms with Crippen LogP contribution in [-0.2, 0) is 13.0 Å². The first-order valence-corrected chi connectivity index (χ1v) is 8.32. The fourth-order valence-electron chi connectivity index (χ4n) is 3.52. The lowest BCUT2D eigenvalue weighted by atomic mass is 9.96. The number of aromatic amines is 1. The third kappa shape index (κ3) is 2.71. The van der Waals surface area contributed by atoms with E-state index < -0.39 is 6.10 Å². The molecular formula is C19H21N3O2. The van der Waals surface area contributed by atoms with Gasteiger partial charge in [-0.2, -0.15) is 5.10 Å². The summed E-state index contributed by atoms with van der Waals surface area (Å²) in [5.41, 5.74) is 4.50. The van der Waals surface area contributed by atoms with Crippen molar-refractivity contribution in [3.05, 3.63) is 53.7 Å². The SMILES string of the molecule is OC[C@H](O)CN1CCc2[nH]nc(-c3cccc4ccccc34)c2C1. The van der Waals surface area contributed by atoms with Crippen molar-refractivity contribution in [2.45, 2.75) is 19.1 Å². The summed E-state index contributed by atoms with van der Waals surface area (Å²) < 4.78 is 0. The lowest BCUT2D eigenvalue weighted by Gasteiger charge is -2.28. The van der Waals surface area contributed by atoms with Gasteiger partial charge in [0.05, 0.1) is 18.4 Å². The molecule has 0 bridgehead atoms. The van der Waals surface area contributed by atoms with E-state index >= 15 is 0 Å². The van der Waals surface area contributed by atoms with Crippen molar-refractivity contribution in [3.8, 4) is 11.3 Å². The van der Waals surface area contributed by atoms with Gasteiger partial charge in [0.25, 0.3) is 0 Å². The van der Waals surface area contributed by atoms with Crippen LogP contribution in [0.15, 0.2) is 42.5 Å². The standard InChI is InChI=1S/C19H21N3O2/c23-12-14(24)10-22-9-8-18-17(11-22)19(21-20-18)16-7-3-5-13-4-1-2-6-15(13)16/h1-7,14,23-24H,8-12H2,(H,20,21)/t14-/m1/s1. The van der Waals surface area contributed by atoms with Crippen LogP contribution in [0.5, 0.6) is 0 Å². The Bertz CT molecular complexity index is 853. The molecule has 0 aliphatic carbocycles. The third-order valence-corrected chi connectivity index (χ3v) is 4.74. The molecule has 0 saturated heterocycles. The Hall–Kier alpha value is -2.21. The molecule has 1 aromatic heterocycles. The first kappa shape index (κ1) is 15.3. The fraction of sp³-hybridized carbons (Fsp3) is 0.316. The summed E-state index contributed by atoms with van der Waals surface area (Å²) in [4.78, 5) is 2.17. The van der Waals surface area contributed by atoms with Gasteiger partial charge < -0.3 is 10.2 Å². The summed E-state index contributed by atoms with van der Waals surface area (Å²) in [5, 5.41) is 29.0. The van der Waals surface area contributed by atoms with E-state index in [-0.39, 0.29) is 6.61 Å². The molecule has 0 saturated carbocycles. The first-order valence-electron chi connectivity index (χ1n) is 8.32. The predicted molar refractivity (Wildman–Crippen MR) is 93.6 cm³/mol. The molecule has 1 aliphatic rings. The van der Waals surface area contributed by atoms with E-state index in [1.165, 1.54) is 22.0 Å². The van der Waals surface area contributed by atoms with Crippen LogP contribution in [0.1, 0.15) is 11.3 Å². The molecule has 4 rings (SSSR count). The molecule has 3 N–H and O–H groups in total. The van der Waals surface area contributed by atoms with Crippen LogP contribution in [0.2, 0.25) is 0 Å². The van der Waals surface area contributed by atoms with E-state index in [4.69, 9.17) is 5.11 Å². The quantitative estimate of drug-likeness (QED) is 0.686. The van der Waals surface area contributed by atoms with Gasteiger partial charge in [-0.15, -0.1) is 0 Å². The second-order valence-electron chi connectivity index (χ2n) is 6.38. The van der Waals surface area contributed by atoms with Crippen LogP contribution < -0.4 is 0 Å². The van der Waals surface area contributed by atoms with Crippen LogP contribution in [0.3, 0.4) is 0 Å². The Labute approximate surface area is 140 Å². The number of β-amino-alcohol motifs (C(OH)–C–C–N with tert-alkyl or cyclic N) is 1. The van der Waals surface area contributed by atoms with Crippen LogP contribution >= 0.6 is 0 Å². The maximum atomic E-state index is 9.72. The molecule has 3 aromatic rings. The highest BCUT2D eigenvalue weighted by Gasteiger charge is 2.24. The molecular weight excluding hydrogens is 302 g/mol. The number of aliphatic hydroxyl groups is 2. The van der Waals surface area contributed by atoms with Crippen molar-refractivity contribution >= 4 is 10.8 Å². The molecule has 0 unspecified atom stereocenters. The lowest BCUT2D eigenvalue weighted by molar-refractivity contribution is 0.0551. The minimum Gasteiger partial charge on any atom is -0.394 e. The number of aliphatic hydroxyl groups excluding tert-OH is 2. The maximum absolute atomic E-state index is 9.72. The van der Waals surface area contributed by atoms with Gasteiger partial charge in [0.2, 0.25) is 0 Å². The monoisotopic (exact) mass is 323 g/mol. The minimum atomic E-state index is -0.695. The van der Waals surface area contributed by atoms with Gasteiger partial charge in [0, 0.05) is 42.9 Å². The molecule has 0 fully saturated rings. The molecule has 5 heteroatoms. The summed E-state index contributed by atoms with van der Waals surface area (Å²) in [5.74, 6) is 0. The second kappa shape index (κ2) is 6.36. The van der Waals surface area contributed by atoms with Crippen molar-refractivity contribution in [1.82, 2.24) is 15.1 Å². The highest BCUT2D eigenvalue weighted by molar-refractivity contribution is 5.96. The van der Waals surface area contributed by atoms with Crippen molar-refractivity contribution in [2.24, 2.45) is 0 Å². The Kier molecular flexibility index (Phi) is 4.06. The number of aromatic nitrogens is 2. The molecule has 0 radical (unpaired) electrons. The van der Waals surface area contributed by atoms with Crippen LogP contribution in [-0.4, -0.2) is 51.1 Å². The second-order valence-corrected chi connectivity index (χ2v) is 6.38. The minimum absolute atomic E-state index is 0.203. The van der Waals surface area contributed by atoms with Crippen molar-refractivity contribution in [2.75, 3.05) is 19.7 Å². The Balaban J connectivity index is 1.72. The topological polar surface area (TPSA) is 72.4 Å². The van der Waals surface area contributed by atoms with Crippen molar-refractivity contribution in [1.29, 1.82) is 0 Å². The number of nitrogens with one attached hydrogen (secondary N) is 1. The summed E-state index contributed by atoms with van der Waals surface area (Å²) in [6.07, 6.45) is 0.185. The van der Waals surface area contributed by atoms with Gasteiger partial charge in [-0.3, -0.25) is 10.00 Å². The summed E-state index contributed by atoms with van der Waals surface area (Å²) in [7, 11) is 0. The zero-order chi connectivity index (χ0) is 16.5. The average Bonchev–Trinajstić information content (AvgIpc) is 3.04. The van der Waals surface area contributed by atoms with Gasteiger partial charge in [-0.25, -0.2) is 0 Å². The van der Waals surface area contributed by atoms with Gasteiger partial charge in [0.1, 0.15) is 0 Å². The summed E-state index contributed by atoms with van der Waals surface area (Å²) in [6.45, 7) is 1.88. The number of rotatable bonds is 4.